The number of hydrogen-bond donors (Lipinski definition) is 1. The molecule has 1 N–H and O–H groups in total. The molecule has 6 nitrogen and oxygen atoms in total. The van der Waals surface area contributed by atoms with Crippen LogP contribution in [-0.4, -0.2) is 44.3 Å². The first-order chi connectivity index (χ1) is 11.6. The minimum absolute atomic E-state index is 0.00692. The Kier molecular flexibility index (Phi) is 6.78. The summed E-state index contributed by atoms with van der Waals surface area (Å²) >= 11 is 0. The zero-order chi connectivity index (χ0) is 17.4. The first kappa shape index (κ1) is 18.0. The van der Waals surface area contributed by atoms with Gasteiger partial charge in [0.1, 0.15) is 0 Å². The van der Waals surface area contributed by atoms with Crippen LogP contribution in [0, 0.1) is 0 Å². The lowest BCUT2D eigenvalue weighted by atomic mass is 10.2. The summed E-state index contributed by atoms with van der Waals surface area (Å²) in [6.07, 6.45) is 2.98. The van der Waals surface area contributed by atoms with Crippen molar-refractivity contribution in [1.82, 2.24) is 5.32 Å². The normalized spacial score (nSPS) is 13.1. The fourth-order valence-corrected chi connectivity index (χ4v) is 2.70. The van der Waals surface area contributed by atoms with E-state index in [1.807, 2.05) is 36.1 Å². The molecule has 130 valence electrons. The van der Waals surface area contributed by atoms with Crippen LogP contribution < -0.4 is 10.2 Å². The van der Waals surface area contributed by atoms with E-state index in [1.54, 1.807) is 0 Å². The van der Waals surface area contributed by atoms with Crippen molar-refractivity contribution in [2.75, 3.05) is 31.6 Å². The highest BCUT2D eigenvalue weighted by Gasteiger charge is 2.19. The van der Waals surface area contributed by atoms with Gasteiger partial charge in [0.25, 0.3) is 0 Å². The largest absolute Gasteiger partial charge is 0.469 e. The number of aliphatic imine (C=N–C) groups is 1. The minimum atomic E-state index is -0.181. The quantitative estimate of drug-likeness (QED) is 0.587. The number of para-hydroxylation sites is 2. The maximum absolute atomic E-state index is 12.1. The molecule has 1 aromatic carbocycles. The molecule has 0 saturated carbocycles. The number of rotatable bonds is 8. The Morgan fingerprint density at radius 1 is 1.25 bits per heavy atom. The summed E-state index contributed by atoms with van der Waals surface area (Å²) in [7, 11) is 1.40. The van der Waals surface area contributed by atoms with Crippen LogP contribution in [0.2, 0.25) is 0 Å². The molecule has 1 heterocycles. The van der Waals surface area contributed by atoms with Gasteiger partial charge in [-0.05, 0) is 31.9 Å². The van der Waals surface area contributed by atoms with Crippen molar-refractivity contribution in [3.05, 3.63) is 24.3 Å². The first-order valence-corrected chi connectivity index (χ1v) is 8.32. The zero-order valence-electron chi connectivity index (χ0n) is 14.4. The number of anilines is 1. The molecular formula is C18H25N3O3. The molecule has 0 aromatic heterocycles. The molecule has 0 unspecified atom stereocenters. The summed E-state index contributed by atoms with van der Waals surface area (Å²) in [5, 5.41) is 2.94. The van der Waals surface area contributed by atoms with Crippen LogP contribution in [0.5, 0.6) is 0 Å². The van der Waals surface area contributed by atoms with Gasteiger partial charge in [-0.3, -0.25) is 14.6 Å². The third kappa shape index (κ3) is 5.37. The Bertz CT molecular complexity index is 613. The Labute approximate surface area is 142 Å². The average Bonchev–Trinajstić information content (AvgIpc) is 2.57. The lowest BCUT2D eigenvalue weighted by Crippen LogP contribution is -2.40. The molecule has 0 saturated heterocycles. The van der Waals surface area contributed by atoms with E-state index in [9.17, 15) is 9.59 Å². The number of nitrogens with one attached hydrogen (secondary N) is 1. The molecular weight excluding hydrogens is 306 g/mol. The smallest absolute Gasteiger partial charge is 0.305 e. The highest BCUT2D eigenvalue weighted by atomic mass is 16.5. The fourth-order valence-electron chi connectivity index (χ4n) is 2.70. The summed E-state index contributed by atoms with van der Waals surface area (Å²) in [5.74, 6) is -0.174. The second kappa shape index (κ2) is 9.05. The van der Waals surface area contributed by atoms with E-state index in [0.29, 0.717) is 26.1 Å². The third-order valence-electron chi connectivity index (χ3n) is 3.90. The van der Waals surface area contributed by atoms with Gasteiger partial charge >= 0.3 is 5.97 Å². The van der Waals surface area contributed by atoms with E-state index in [-0.39, 0.29) is 11.9 Å². The molecule has 1 amide bonds. The summed E-state index contributed by atoms with van der Waals surface area (Å²) in [6.45, 7) is 3.60. The number of esters is 1. The van der Waals surface area contributed by atoms with Crippen molar-refractivity contribution in [2.24, 2.45) is 4.99 Å². The highest BCUT2D eigenvalue weighted by Crippen LogP contribution is 2.31. The maximum atomic E-state index is 12.1. The van der Waals surface area contributed by atoms with E-state index >= 15 is 0 Å². The van der Waals surface area contributed by atoms with E-state index in [1.165, 1.54) is 7.11 Å². The SMILES string of the molecule is COC(=O)CCCCCNC(=O)CN1CC(C)=Nc2ccccc21. The number of carbonyl (C=O) groups is 2. The molecule has 0 aliphatic carbocycles. The van der Waals surface area contributed by atoms with Gasteiger partial charge < -0.3 is 15.0 Å². The number of hydrogen-bond acceptors (Lipinski definition) is 5. The van der Waals surface area contributed by atoms with Crippen molar-refractivity contribution >= 4 is 29.0 Å². The molecule has 1 aliphatic heterocycles. The molecule has 0 radical (unpaired) electrons. The lowest BCUT2D eigenvalue weighted by Gasteiger charge is -2.28. The molecule has 0 atom stereocenters. The lowest BCUT2D eigenvalue weighted by molar-refractivity contribution is -0.140. The van der Waals surface area contributed by atoms with Crippen molar-refractivity contribution in [3.63, 3.8) is 0 Å². The number of amides is 1. The number of benzene rings is 1. The molecule has 6 heteroatoms. The number of ether oxygens (including phenoxy) is 1. The molecule has 24 heavy (non-hydrogen) atoms. The topological polar surface area (TPSA) is 71.0 Å². The molecule has 2 rings (SSSR count). The predicted molar refractivity (Wildman–Crippen MR) is 94.9 cm³/mol. The van der Waals surface area contributed by atoms with E-state index in [4.69, 9.17) is 0 Å². The second-order valence-electron chi connectivity index (χ2n) is 5.93. The fraction of sp³-hybridized carbons (Fsp3) is 0.500. The number of nitrogens with zero attached hydrogens (tertiary/aromatic N) is 2. The molecule has 1 aromatic rings. The van der Waals surface area contributed by atoms with Gasteiger partial charge in [-0.2, -0.15) is 0 Å². The van der Waals surface area contributed by atoms with Crippen LogP contribution in [0.4, 0.5) is 11.4 Å². The molecule has 0 spiro atoms. The van der Waals surface area contributed by atoms with Gasteiger partial charge in [0.15, 0.2) is 0 Å². The average molecular weight is 331 g/mol. The monoisotopic (exact) mass is 331 g/mol. The van der Waals surface area contributed by atoms with E-state index in [0.717, 1.165) is 36.3 Å². The number of methoxy groups -OCH3 is 1. The van der Waals surface area contributed by atoms with Crippen LogP contribution in [-0.2, 0) is 14.3 Å². The predicted octanol–water partition coefficient (Wildman–Crippen LogP) is 2.45. The highest BCUT2D eigenvalue weighted by molar-refractivity contribution is 5.96. The molecule has 1 aliphatic rings. The maximum Gasteiger partial charge on any atom is 0.305 e. The van der Waals surface area contributed by atoms with Gasteiger partial charge in [0, 0.05) is 18.7 Å². The summed E-state index contributed by atoms with van der Waals surface area (Å²) in [6, 6.07) is 7.87. The van der Waals surface area contributed by atoms with Crippen LogP contribution in [0.3, 0.4) is 0 Å². The molecule has 0 fully saturated rings. The van der Waals surface area contributed by atoms with Gasteiger partial charge in [-0.15, -0.1) is 0 Å². The van der Waals surface area contributed by atoms with Crippen molar-refractivity contribution in [1.29, 1.82) is 0 Å². The number of fused-ring (bicyclic) bond motifs is 1. The second-order valence-corrected chi connectivity index (χ2v) is 5.93. The van der Waals surface area contributed by atoms with Gasteiger partial charge in [0.05, 0.1) is 31.6 Å². The van der Waals surface area contributed by atoms with Crippen LogP contribution in [0.25, 0.3) is 0 Å². The van der Waals surface area contributed by atoms with Crippen LogP contribution in [0.1, 0.15) is 32.6 Å². The van der Waals surface area contributed by atoms with E-state index < -0.39 is 0 Å². The third-order valence-corrected chi connectivity index (χ3v) is 3.90. The van der Waals surface area contributed by atoms with Gasteiger partial charge in [-0.25, -0.2) is 0 Å². The van der Waals surface area contributed by atoms with Crippen LogP contribution >= 0.6 is 0 Å². The Morgan fingerprint density at radius 2 is 2.04 bits per heavy atom. The van der Waals surface area contributed by atoms with E-state index in [2.05, 4.69) is 15.0 Å². The van der Waals surface area contributed by atoms with Crippen molar-refractivity contribution in [2.45, 2.75) is 32.6 Å². The van der Waals surface area contributed by atoms with Crippen LogP contribution in [0.15, 0.2) is 29.3 Å². The first-order valence-electron chi connectivity index (χ1n) is 8.32. The Hall–Kier alpha value is -2.37. The molecule has 0 bridgehead atoms. The zero-order valence-corrected chi connectivity index (χ0v) is 14.4. The Balaban J connectivity index is 1.71. The summed E-state index contributed by atoms with van der Waals surface area (Å²) in [5.41, 5.74) is 2.91. The number of carbonyl (C=O) groups excluding carboxylic acids is 2. The minimum Gasteiger partial charge on any atom is -0.469 e. The van der Waals surface area contributed by atoms with Gasteiger partial charge in [0.2, 0.25) is 5.91 Å². The van der Waals surface area contributed by atoms with Crippen molar-refractivity contribution in [3.8, 4) is 0 Å². The summed E-state index contributed by atoms with van der Waals surface area (Å²) < 4.78 is 4.59. The Morgan fingerprint density at radius 3 is 2.83 bits per heavy atom. The van der Waals surface area contributed by atoms with Crippen molar-refractivity contribution < 1.29 is 14.3 Å². The standard InChI is InChI=1S/C18H25N3O3/c1-14-12-21(16-9-6-5-8-15(16)20-14)13-17(22)19-11-7-3-4-10-18(23)24-2/h5-6,8-9H,3-4,7,10-13H2,1-2H3,(H,19,22). The number of unbranched alkanes of at least 4 members (excludes halogenated alkanes) is 2. The summed E-state index contributed by atoms with van der Waals surface area (Å²) in [4.78, 5) is 29.7. The van der Waals surface area contributed by atoms with Gasteiger partial charge in [-0.1, -0.05) is 18.6 Å².